The summed E-state index contributed by atoms with van der Waals surface area (Å²) < 4.78 is 54.0. The summed E-state index contributed by atoms with van der Waals surface area (Å²) in [5, 5.41) is 0. The van der Waals surface area contributed by atoms with Crippen LogP contribution in [0.25, 0.3) is 6.08 Å². The largest absolute Gasteiger partial charge is 0.461 e. The van der Waals surface area contributed by atoms with E-state index in [1.807, 2.05) is 0 Å². The monoisotopic (exact) mass is 318 g/mol. The molecule has 0 radical (unpaired) electrons. The van der Waals surface area contributed by atoms with Crippen LogP contribution in [-0.4, -0.2) is 33.0 Å². The van der Waals surface area contributed by atoms with Crippen LogP contribution in [0.15, 0.2) is 30.3 Å². The van der Waals surface area contributed by atoms with Gasteiger partial charge in [0.25, 0.3) is 0 Å². The van der Waals surface area contributed by atoms with Crippen LogP contribution in [0.2, 0.25) is 0 Å². The lowest BCUT2D eigenvalue weighted by Gasteiger charge is -2.15. The maximum atomic E-state index is 13.8. The molecule has 0 aliphatic heterocycles. The number of hydrogen-bond donors (Lipinski definition) is 0. The second-order valence-corrected chi connectivity index (χ2v) is 6.60. The molecule has 0 atom stereocenters. The van der Waals surface area contributed by atoms with E-state index >= 15 is 0 Å². The van der Waals surface area contributed by atoms with Gasteiger partial charge in [0.1, 0.15) is 0 Å². The Labute approximate surface area is 122 Å². The third kappa shape index (κ3) is 5.26. The lowest BCUT2D eigenvalue weighted by atomic mass is 10.0. The van der Waals surface area contributed by atoms with Gasteiger partial charge in [-0.1, -0.05) is 30.4 Å². The Balaban J connectivity index is 2.97. The van der Waals surface area contributed by atoms with Gasteiger partial charge in [0.2, 0.25) is 0 Å². The average molecular weight is 318 g/mol. The molecule has 0 unspecified atom stereocenters. The molecule has 0 saturated heterocycles. The number of carbonyl (C=O) groups is 1. The van der Waals surface area contributed by atoms with Crippen LogP contribution < -0.4 is 0 Å². The highest BCUT2D eigenvalue weighted by atomic mass is 32.2. The number of ether oxygens (including phenoxy) is 1. The molecule has 7 heteroatoms. The minimum atomic E-state index is -3.74. The van der Waals surface area contributed by atoms with Crippen LogP contribution in [0, 0.1) is 0 Å². The maximum Gasteiger partial charge on any atom is 0.381 e. The molecule has 0 heterocycles. The first-order chi connectivity index (χ1) is 9.66. The van der Waals surface area contributed by atoms with Crippen molar-refractivity contribution in [2.45, 2.75) is 12.8 Å². The highest BCUT2D eigenvalue weighted by Gasteiger charge is 2.42. The molecule has 1 aromatic carbocycles. The van der Waals surface area contributed by atoms with Crippen molar-refractivity contribution >= 4 is 21.9 Å². The van der Waals surface area contributed by atoms with Gasteiger partial charge in [0.15, 0.2) is 9.84 Å². The van der Waals surface area contributed by atoms with Gasteiger partial charge in [0.05, 0.1) is 12.4 Å². The number of alkyl halides is 2. The molecule has 0 fully saturated rings. The number of benzene rings is 1. The summed E-state index contributed by atoms with van der Waals surface area (Å²) in [6.45, 7) is 1.31. The van der Waals surface area contributed by atoms with Gasteiger partial charge in [-0.25, -0.2) is 13.2 Å². The van der Waals surface area contributed by atoms with E-state index in [1.165, 1.54) is 31.2 Å². The van der Waals surface area contributed by atoms with Gasteiger partial charge in [-0.3, -0.25) is 0 Å². The Morgan fingerprint density at radius 1 is 1.38 bits per heavy atom. The fourth-order valence-corrected chi connectivity index (χ4v) is 1.98. The number of carbonyl (C=O) groups excluding carboxylic acids is 1. The number of sulfone groups is 1. The van der Waals surface area contributed by atoms with E-state index in [1.54, 1.807) is 0 Å². The zero-order valence-electron chi connectivity index (χ0n) is 11.7. The van der Waals surface area contributed by atoms with E-state index in [2.05, 4.69) is 4.74 Å². The van der Waals surface area contributed by atoms with Crippen molar-refractivity contribution in [3.05, 3.63) is 41.5 Å². The van der Waals surface area contributed by atoms with Crippen LogP contribution >= 0.6 is 0 Å². The zero-order valence-corrected chi connectivity index (χ0v) is 12.5. The van der Waals surface area contributed by atoms with Gasteiger partial charge in [-0.2, -0.15) is 8.78 Å². The maximum absolute atomic E-state index is 13.8. The highest BCUT2D eigenvalue weighted by molar-refractivity contribution is 7.90. The number of esters is 1. The first-order valence-corrected chi connectivity index (χ1v) is 8.22. The standard InChI is InChI=1S/C14H16F2O4S/c1-3-20-13(17)14(15,16)12-8-4-6-11(10-12)7-5-9-21(2,18)19/h4-8,10H,3,9H2,1-2H3/b7-5+. The summed E-state index contributed by atoms with van der Waals surface area (Å²) in [6, 6.07) is 5.13. The van der Waals surface area contributed by atoms with Crippen molar-refractivity contribution in [3.63, 3.8) is 0 Å². The summed E-state index contributed by atoms with van der Waals surface area (Å²) in [6.07, 6.45) is 3.84. The molecular formula is C14H16F2O4S. The minimum Gasteiger partial charge on any atom is -0.461 e. The van der Waals surface area contributed by atoms with Crippen LogP contribution in [-0.2, 0) is 25.3 Å². The fraction of sp³-hybridized carbons (Fsp3) is 0.357. The Hall–Kier alpha value is -1.76. The molecular weight excluding hydrogens is 302 g/mol. The SMILES string of the molecule is CCOC(=O)C(F)(F)c1cccc(/C=C/CS(C)(=O)=O)c1. The second kappa shape index (κ2) is 6.80. The van der Waals surface area contributed by atoms with Gasteiger partial charge in [-0.05, 0) is 18.6 Å². The van der Waals surface area contributed by atoms with Gasteiger partial charge in [-0.15, -0.1) is 0 Å². The molecule has 0 amide bonds. The molecule has 0 aliphatic rings. The lowest BCUT2D eigenvalue weighted by molar-refractivity contribution is -0.173. The molecule has 1 aromatic rings. The predicted molar refractivity (Wildman–Crippen MR) is 75.7 cm³/mol. The van der Waals surface area contributed by atoms with E-state index in [9.17, 15) is 22.0 Å². The van der Waals surface area contributed by atoms with Gasteiger partial charge < -0.3 is 4.74 Å². The first-order valence-electron chi connectivity index (χ1n) is 6.16. The Morgan fingerprint density at radius 2 is 2.05 bits per heavy atom. The van der Waals surface area contributed by atoms with E-state index < -0.39 is 27.3 Å². The van der Waals surface area contributed by atoms with Gasteiger partial charge >= 0.3 is 11.9 Å². The first kappa shape index (κ1) is 17.3. The molecule has 116 valence electrons. The van der Waals surface area contributed by atoms with Crippen LogP contribution in [0.1, 0.15) is 18.1 Å². The molecule has 0 spiro atoms. The lowest BCUT2D eigenvalue weighted by Crippen LogP contribution is -2.28. The van der Waals surface area contributed by atoms with Crippen molar-refractivity contribution in [2.75, 3.05) is 18.6 Å². The molecule has 0 saturated carbocycles. The molecule has 0 N–H and O–H groups in total. The number of halogens is 2. The van der Waals surface area contributed by atoms with Crippen LogP contribution in [0.5, 0.6) is 0 Å². The summed E-state index contributed by atoms with van der Waals surface area (Å²) in [5.74, 6) is -5.54. The smallest absolute Gasteiger partial charge is 0.381 e. The summed E-state index contributed by atoms with van der Waals surface area (Å²) in [5.41, 5.74) is -0.123. The molecule has 4 nitrogen and oxygen atoms in total. The normalized spacial score (nSPS) is 12.6. The number of rotatable bonds is 6. The van der Waals surface area contributed by atoms with Crippen molar-refractivity contribution in [1.82, 2.24) is 0 Å². The van der Waals surface area contributed by atoms with Crippen molar-refractivity contribution in [2.24, 2.45) is 0 Å². The Kier molecular flexibility index (Phi) is 5.60. The van der Waals surface area contributed by atoms with Crippen LogP contribution in [0.4, 0.5) is 8.78 Å². The predicted octanol–water partition coefficient (Wildman–Crippen LogP) is 2.40. The Bertz CT molecular complexity index is 636. The van der Waals surface area contributed by atoms with Gasteiger partial charge in [0, 0.05) is 11.8 Å². The fourth-order valence-electron chi connectivity index (χ4n) is 1.54. The average Bonchev–Trinajstić information content (AvgIpc) is 2.38. The van der Waals surface area contributed by atoms with E-state index in [0.717, 1.165) is 18.4 Å². The number of hydrogen-bond acceptors (Lipinski definition) is 4. The summed E-state index contributed by atoms with van der Waals surface area (Å²) >= 11 is 0. The summed E-state index contributed by atoms with van der Waals surface area (Å²) in [4.78, 5) is 11.3. The molecule has 0 aromatic heterocycles. The Morgan fingerprint density at radius 3 is 2.62 bits per heavy atom. The third-order valence-corrected chi connectivity index (χ3v) is 3.29. The highest BCUT2D eigenvalue weighted by Crippen LogP contribution is 2.30. The zero-order chi connectivity index (χ0) is 16.1. The quantitative estimate of drug-likeness (QED) is 0.756. The molecule has 21 heavy (non-hydrogen) atoms. The molecule has 0 aliphatic carbocycles. The summed E-state index contributed by atoms with van der Waals surface area (Å²) in [7, 11) is -3.16. The van der Waals surface area contributed by atoms with Crippen molar-refractivity contribution in [1.29, 1.82) is 0 Å². The van der Waals surface area contributed by atoms with Crippen molar-refractivity contribution < 1.29 is 26.7 Å². The van der Waals surface area contributed by atoms with E-state index in [4.69, 9.17) is 0 Å². The van der Waals surface area contributed by atoms with E-state index in [0.29, 0.717) is 5.56 Å². The van der Waals surface area contributed by atoms with Crippen LogP contribution in [0.3, 0.4) is 0 Å². The topological polar surface area (TPSA) is 60.4 Å². The second-order valence-electron chi connectivity index (χ2n) is 4.42. The molecule has 0 bridgehead atoms. The van der Waals surface area contributed by atoms with Crippen molar-refractivity contribution in [3.8, 4) is 0 Å². The minimum absolute atomic E-state index is 0.137. The van der Waals surface area contributed by atoms with E-state index in [-0.39, 0.29) is 12.4 Å². The molecule has 1 rings (SSSR count). The third-order valence-electron chi connectivity index (χ3n) is 2.49.